The summed E-state index contributed by atoms with van der Waals surface area (Å²) in [4.78, 5) is 0. The fourth-order valence-electron chi connectivity index (χ4n) is 3.79. The Labute approximate surface area is 133 Å². The van der Waals surface area contributed by atoms with Crippen LogP contribution in [0.25, 0.3) is 0 Å². The van der Waals surface area contributed by atoms with E-state index < -0.39 is 5.60 Å². The molecule has 4 rings (SSSR count). The summed E-state index contributed by atoms with van der Waals surface area (Å²) in [7, 11) is 0. The van der Waals surface area contributed by atoms with Crippen molar-refractivity contribution in [2.75, 3.05) is 0 Å². The molecule has 21 heavy (non-hydrogen) atoms. The Balaban J connectivity index is 1.69. The lowest BCUT2D eigenvalue weighted by atomic mass is 9.74. The van der Waals surface area contributed by atoms with E-state index in [4.69, 9.17) is 0 Å². The van der Waals surface area contributed by atoms with Crippen molar-refractivity contribution in [2.45, 2.75) is 37.5 Å². The third-order valence-electron chi connectivity index (χ3n) is 4.89. The molecular weight excluding hydrogens is 326 g/mol. The summed E-state index contributed by atoms with van der Waals surface area (Å²) in [5.74, 6) is 0. The van der Waals surface area contributed by atoms with E-state index in [1.165, 1.54) is 22.3 Å². The summed E-state index contributed by atoms with van der Waals surface area (Å²) in [5.41, 5.74) is 4.53. The highest BCUT2D eigenvalue weighted by Crippen LogP contribution is 2.41. The predicted molar refractivity (Wildman–Crippen MR) is 87.1 cm³/mol. The van der Waals surface area contributed by atoms with Crippen LogP contribution in [0.5, 0.6) is 0 Å². The summed E-state index contributed by atoms with van der Waals surface area (Å²) < 4.78 is 1.12. The van der Waals surface area contributed by atoms with Crippen LogP contribution in [0.4, 0.5) is 0 Å². The van der Waals surface area contributed by atoms with Crippen LogP contribution in [0.1, 0.15) is 34.7 Å². The lowest BCUT2D eigenvalue weighted by Gasteiger charge is -2.39. The van der Waals surface area contributed by atoms with Crippen LogP contribution in [0.2, 0.25) is 0 Å². The van der Waals surface area contributed by atoms with Crippen molar-refractivity contribution in [3.8, 4) is 0 Å². The zero-order chi connectivity index (χ0) is 14.4. The third kappa shape index (κ3) is 2.24. The van der Waals surface area contributed by atoms with Gasteiger partial charge in [0.1, 0.15) is 0 Å². The fourth-order valence-corrected chi connectivity index (χ4v) is 4.20. The number of hydrogen-bond donors (Lipinski definition) is 2. The molecule has 0 bridgehead atoms. The zero-order valence-electron chi connectivity index (χ0n) is 11.8. The molecule has 0 spiro atoms. The van der Waals surface area contributed by atoms with Crippen LogP contribution in [-0.4, -0.2) is 10.7 Å². The van der Waals surface area contributed by atoms with Crippen LogP contribution in [-0.2, 0) is 19.4 Å². The van der Waals surface area contributed by atoms with E-state index in [0.29, 0.717) is 0 Å². The standard InChI is InChI=1S/C18H18BrNO/c19-15-6-5-13-10-18(21,8-7-12(13)9-15)17-16-4-2-1-3-14(16)11-20-17/h1-6,9,17,20-21H,7-8,10-11H2. The molecule has 2 unspecified atom stereocenters. The molecule has 1 aliphatic heterocycles. The van der Waals surface area contributed by atoms with Gasteiger partial charge in [0, 0.05) is 17.4 Å². The van der Waals surface area contributed by atoms with Crippen molar-refractivity contribution < 1.29 is 5.11 Å². The summed E-state index contributed by atoms with van der Waals surface area (Å²) in [5, 5.41) is 14.8. The molecule has 0 amide bonds. The number of halogens is 1. The average molecular weight is 344 g/mol. The number of aryl methyl sites for hydroxylation is 1. The molecule has 2 aromatic carbocycles. The second kappa shape index (κ2) is 4.94. The highest BCUT2D eigenvalue weighted by atomic mass is 79.9. The molecule has 2 aromatic rings. The van der Waals surface area contributed by atoms with Crippen LogP contribution >= 0.6 is 15.9 Å². The monoisotopic (exact) mass is 343 g/mol. The van der Waals surface area contributed by atoms with Crippen LogP contribution in [0.3, 0.4) is 0 Å². The second-order valence-corrected chi connectivity index (χ2v) is 7.12. The van der Waals surface area contributed by atoms with Crippen molar-refractivity contribution in [3.05, 3.63) is 69.2 Å². The molecule has 0 aromatic heterocycles. The van der Waals surface area contributed by atoms with Crippen LogP contribution in [0.15, 0.2) is 46.9 Å². The number of aliphatic hydroxyl groups is 1. The second-order valence-electron chi connectivity index (χ2n) is 6.21. The van der Waals surface area contributed by atoms with Gasteiger partial charge in [-0.2, -0.15) is 0 Å². The lowest BCUT2D eigenvalue weighted by Crippen LogP contribution is -2.45. The Morgan fingerprint density at radius 3 is 2.86 bits per heavy atom. The molecule has 108 valence electrons. The van der Waals surface area contributed by atoms with Crippen molar-refractivity contribution in [3.63, 3.8) is 0 Å². The minimum Gasteiger partial charge on any atom is -0.388 e. The highest BCUT2D eigenvalue weighted by Gasteiger charge is 2.43. The van der Waals surface area contributed by atoms with Gasteiger partial charge in [-0.05, 0) is 47.2 Å². The minimum absolute atomic E-state index is 0.0468. The summed E-state index contributed by atoms with van der Waals surface area (Å²) in [6, 6.07) is 14.9. The molecule has 3 heteroatoms. The topological polar surface area (TPSA) is 32.3 Å². The first kappa shape index (κ1) is 13.5. The molecule has 1 aliphatic carbocycles. The molecule has 0 saturated carbocycles. The lowest BCUT2D eigenvalue weighted by molar-refractivity contribution is -0.00898. The van der Waals surface area contributed by atoms with Gasteiger partial charge >= 0.3 is 0 Å². The summed E-state index contributed by atoms with van der Waals surface area (Å²) in [6.45, 7) is 0.857. The molecule has 2 atom stereocenters. The third-order valence-corrected chi connectivity index (χ3v) is 5.39. The van der Waals surface area contributed by atoms with E-state index in [2.05, 4.69) is 63.7 Å². The molecule has 0 saturated heterocycles. The van der Waals surface area contributed by atoms with E-state index in [1.54, 1.807) is 0 Å². The Kier molecular flexibility index (Phi) is 3.18. The molecular formula is C18H18BrNO. The van der Waals surface area contributed by atoms with Gasteiger partial charge < -0.3 is 10.4 Å². The van der Waals surface area contributed by atoms with Gasteiger partial charge in [0.05, 0.1) is 11.6 Å². The van der Waals surface area contributed by atoms with Gasteiger partial charge in [-0.3, -0.25) is 0 Å². The normalized spacial score (nSPS) is 27.2. The van der Waals surface area contributed by atoms with E-state index in [0.717, 1.165) is 30.3 Å². The van der Waals surface area contributed by atoms with Crippen molar-refractivity contribution >= 4 is 15.9 Å². The van der Waals surface area contributed by atoms with Gasteiger partial charge in [0.2, 0.25) is 0 Å². The maximum absolute atomic E-state index is 11.3. The first-order valence-electron chi connectivity index (χ1n) is 7.47. The van der Waals surface area contributed by atoms with Crippen molar-refractivity contribution in [1.29, 1.82) is 0 Å². The SMILES string of the molecule is OC1(C2NCc3ccccc32)CCc2cc(Br)ccc2C1. The quantitative estimate of drug-likeness (QED) is 0.830. The Morgan fingerprint density at radius 2 is 1.95 bits per heavy atom. The van der Waals surface area contributed by atoms with E-state index in [9.17, 15) is 5.11 Å². The molecule has 0 radical (unpaired) electrons. The van der Waals surface area contributed by atoms with Crippen molar-refractivity contribution in [1.82, 2.24) is 5.32 Å². The Bertz CT molecular complexity index is 699. The van der Waals surface area contributed by atoms with Gasteiger partial charge in [-0.15, -0.1) is 0 Å². The fraction of sp³-hybridized carbons (Fsp3) is 0.333. The maximum Gasteiger partial charge on any atom is 0.0885 e. The average Bonchev–Trinajstić information content (AvgIpc) is 2.92. The van der Waals surface area contributed by atoms with Gasteiger partial charge in [-0.25, -0.2) is 0 Å². The van der Waals surface area contributed by atoms with Gasteiger partial charge in [-0.1, -0.05) is 46.3 Å². The number of rotatable bonds is 1. The summed E-state index contributed by atoms with van der Waals surface area (Å²) >= 11 is 3.53. The number of hydrogen-bond acceptors (Lipinski definition) is 2. The molecule has 1 heterocycles. The first-order valence-corrected chi connectivity index (χ1v) is 8.26. The molecule has 2 nitrogen and oxygen atoms in total. The minimum atomic E-state index is -0.687. The van der Waals surface area contributed by atoms with Gasteiger partial charge in [0.15, 0.2) is 0 Å². The Morgan fingerprint density at radius 1 is 1.10 bits per heavy atom. The zero-order valence-corrected chi connectivity index (χ0v) is 13.4. The number of benzene rings is 2. The smallest absolute Gasteiger partial charge is 0.0885 e. The predicted octanol–water partition coefficient (Wildman–Crippen LogP) is 3.51. The highest BCUT2D eigenvalue weighted by molar-refractivity contribution is 9.10. The van der Waals surface area contributed by atoms with Crippen LogP contribution < -0.4 is 5.32 Å². The first-order chi connectivity index (χ1) is 10.2. The van der Waals surface area contributed by atoms with E-state index in [-0.39, 0.29) is 6.04 Å². The summed E-state index contributed by atoms with van der Waals surface area (Å²) in [6.07, 6.45) is 2.47. The molecule has 2 aliphatic rings. The number of fused-ring (bicyclic) bond motifs is 2. The van der Waals surface area contributed by atoms with E-state index >= 15 is 0 Å². The van der Waals surface area contributed by atoms with Crippen molar-refractivity contribution in [2.24, 2.45) is 0 Å². The molecule has 0 fully saturated rings. The molecule has 2 N–H and O–H groups in total. The maximum atomic E-state index is 11.3. The number of nitrogens with one attached hydrogen (secondary N) is 1. The van der Waals surface area contributed by atoms with Gasteiger partial charge in [0.25, 0.3) is 0 Å². The largest absolute Gasteiger partial charge is 0.388 e. The Hall–Kier alpha value is -1.16. The van der Waals surface area contributed by atoms with E-state index in [1.807, 2.05) is 0 Å². The van der Waals surface area contributed by atoms with Crippen LogP contribution in [0, 0.1) is 0 Å².